The Morgan fingerprint density at radius 3 is 2.36 bits per heavy atom. The second-order valence-electron chi connectivity index (χ2n) is 8.89. The predicted molar refractivity (Wildman–Crippen MR) is 123 cm³/mol. The van der Waals surface area contributed by atoms with Crippen molar-refractivity contribution >= 4 is 23.3 Å². The maximum atomic E-state index is 15.0. The Bertz CT molecular complexity index is 890. The first-order valence-corrected chi connectivity index (χ1v) is 11.5. The predicted octanol–water partition coefficient (Wildman–Crippen LogP) is 2.83. The molecule has 0 amide bonds. The number of carbonyl (C=O) groups excluding carboxylic acids is 2. The van der Waals surface area contributed by atoms with E-state index in [0.29, 0.717) is 38.0 Å². The Labute approximate surface area is 194 Å². The van der Waals surface area contributed by atoms with Crippen molar-refractivity contribution < 1.29 is 28.6 Å². The first-order chi connectivity index (χ1) is 15.7. The average molecular weight is 464 g/mol. The molecular formula is C24H34FN3O5. The maximum absolute atomic E-state index is 15.0. The van der Waals surface area contributed by atoms with E-state index < -0.39 is 11.9 Å². The summed E-state index contributed by atoms with van der Waals surface area (Å²) in [6.07, 6.45) is 3.55. The third kappa shape index (κ3) is 5.40. The maximum Gasteiger partial charge on any atom is 0.347 e. The molecule has 0 aliphatic carbocycles. The first kappa shape index (κ1) is 24.8. The minimum absolute atomic E-state index is 0.126. The lowest BCUT2D eigenvalue weighted by molar-refractivity contribution is -0.146. The smallest absolute Gasteiger partial charge is 0.347 e. The number of ether oxygens (including phenoxy) is 2. The second kappa shape index (κ2) is 10.4. The standard InChI is InChI=1S/C24H34FN3O5/c1-5-32-22(30)18(23(31)33-6-2)15-26-28-20-8-7-19(25)21(17(20)9-12-24(28,3)4)27-13-10-16(29)11-14-27/h7-8,15-16,26,29H,5-6,9-14H2,1-4H3. The Kier molecular flexibility index (Phi) is 7.84. The van der Waals surface area contributed by atoms with Gasteiger partial charge >= 0.3 is 11.9 Å². The third-order valence-electron chi connectivity index (χ3n) is 6.15. The molecule has 0 spiro atoms. The number of nitrogens with one attached hydrogen (secondary N) is 1. The van der Waals surface area contributed by atoms with Crippen LogP contribution in [0.4, 0.5) is 15.8 Å². The van der Waals surface area contributed by atoms with Gasteiger partial charge in [-0.2, -0.15) is 0 Å². The number of benzene rings is 1. The van der Waals surface area contributed by atoms with Gasteiger partial charge in [-0.1, -0.05) is 0 Å². The van der Waals surface area contributed by atoms with Gasteiger partial charge in [-0.15, -0.1) is 0 Å². The lowest BCUT2D eigenvalue weighted by atomic mass is 9.87. The second-order valence-corrected chi connectivity index (χ2v) is 8.89. The molecule has 0 saturated carbocycles. The highest BCUT2D eigenvalue weighted by Gasteiger charge is 2.36. The fourth-order valence-corrected chi connectivity index (χ4v) is 4.35. The molecule has 0 atom stereocenters. The van der Waals surface area contributed by atoms with Crippen LogP contribution in [0.15, 0.2) is 23.9 Å². The van der Waals surface area contributed by atoms with Crippen molar-refractivity contribution in [2.45, 2.75) is 65.0 Å². The van der Waals surface area contributed by atoms with Gasteiger partial charge in [0.15, 0.2) is 5.57 Å². The molecule has 0 bridgehead atoms. The van der Waals surface area contributed by atoms with Crippen molar-refractivity contribution in [1.82, 2.24) is 5.43 Å². The van der Waals surface area contributed by atoms with Gasteiger partial charge in [0.2, 0.25) is 0 Å². The highest BCUT2D eigenvalue weighted by Crippen LogP contribution is 2.42. The number of hydrogen-bond donors (Lipinski definition) is 2. The van der Waals surface area contributed by atoms with Crippen molar-refractivity contribution in [2.75, 3.05) is 36.2 Å². The van der Waals surface area contributed by atoms with Crippen LogP contribution >= 0.6 is 0 Å². The van der Waals surface area contributed by atoms with E-state index in [1.165, 1.54) is 12.3 Å². The fraction of sp³-hybridized carbons (Fsp3) is 0.583. The highest BCUT2D eigenvalue weighted by atomic mass is 19.1. The lowest BCUT2D eigenvalue weighted by Crippen LogP contribution is -2.54. The summed E-state index contributed by atoms with van der Waals surface area (Å²) in [4.78, 5) is 26.7. The minimum Gasteiger partial charge on any atom is -0.462 e. The van der Waals surface area contributed by atoms with Crippen LogP contribution in [-0.4, -0.2) is 55.0 Å². The highest BCUT2D eigenvalue weighted by molar-refractivity contribution is 6.14. The van der Waals surface area contributed by atoms with E-state index in [9.17, 15) is 19.1 Å². The van der Waals surface area contributed by atoms with Crippen LogP contribution < -0.4 is 15.3 Å². The lowest BCUT2D eigenvalue weighted by Gasteiger charge is -2.46. The van der Waals surface area contributed by atoms with Gasteiger partial charge in [0.25, 0.3) is 0 Å². The van der Waals surface area contributed by atoms with Crippen LogP contribution in [-0.2, 0) is 25.5 Å². The quantitative estimate of drug-likeness (QED) is 0.276. The number of halogens is 1. The van der Waals surface area contributed by atoms with Gasteiger partial charge in [-0.25, -0.2) is 14.0 Å². The van der Waals surface area contributed by atoms with Crippen LogP contribution in [0.25, 0.3) is 0 Å². The third-order valence-corrected chi connectivity index (χ3v) is 6.15. The average Bonchev–Trinajstić information content (AvgIpc) is 2.76. The van der Waals surface area contributed by atoms with Gasteiger partial charge in [-0.3, -0.25) is 5.01 Å². The topological polar surface area (TPSA) is 91.3 Å². The molecule has 1 fully saturated rings. The van der Waals surface area contributed by atoms with Crippen LogP contribution in [0.3, 0.4) is 0 Å². The van der Waals surface area contributed by atoms with Crippen molar-refractivity contribution in [3.05, 3.63) is 35.3 Å². The summed E-state index contributed by atoms with van der Waals surface area (Å²) >= 11 is 0. The van der Waals surface area contributed by atoms with Crippen molar-refractivity contribution in [3.63, 3.8) is 0 Å². The van der Waals surface area contributed by atoms with E-state index in [4.69, 9.17) is 9.47 Å². The summed E-state index contributed by atoms with van der Waals surface area (Å²) in [5.74, 6) is -1.84. The number of hydrazine groups is 1. The monoisotopic (exact) mass is 463 g/mol. The summed E-state index contributed by atoms with van der Waals surface area (Å²) in [6.45, 7) is 8.81. The molecule has 2 aliphatic heterocycles. The molecule has 8 nitrogen and oxygen atoms in total. The number of aliphatic hydroxyl groups is 1. The normalized spacial score (nSPS) is 17.8. The summed E-state index contributed by atoms with van der Waals surface area (Å²) in [5.41, 5.74) is 4.66. The van der Waals surface area contributed by atoms with E-state index in [1.54, 1.807) is 19.9 Å². The molecule has 1 aromatic carbocycles. The Morgan fingerprint density at radius 1 is 1.18 bits per heavy atom. The van der Waals surface area contributed by atoms with Gasteiger partial charge in [0.05, 0.1) is 36.2 Å². The zero-order valence-corrected chi connectivity index (χ0v) is 19.8. The Morgan fingerprint density at radius 2 is 1.79 bits per heavy atom. The molecule has 2 N–H and O–H groups in total. The van der Waals surface area contributed by atoms with E-state index in [2.05, 4.69) is 5.43 Å². The number of carbonyl (C=O) groups is 2. The number of anilines is 2. The van der Waals surface area contributed by atoms with E-state index in [1.807, 2.05) is 23.8 Å². The van der Waals surface area contributed by atoms with Gasteiger partial charge < -0.3 is 24.9 Å². The minimum atomic E-state index is -0.773. The Balaban J connectivity index is 1.97. The number of nitrogens with zero attached hydrogens (tertiary/aromatic N) is 2. The van der Waals surface area contributed by atoms with Gasteiger partial charge in [0.1, 0.15) is 5.82 Å². The summed E-state index contributed by atoms with van der Waals surface area (Å²) in [5, 5.41) is 11.7. The van der Waals surface area contributed by atoms with Crippen molar-refractivity contribution in [1.29, 1.82) is 0 Å². The molecule has 182 valence electrons. The summed E-state index contributed by atoms with van der Waals surface area (Å²) in [6, 6.07) is 3.15. The molecule has 1 saturated heterocycles. The van der Waals surface area contributed by atoms with Crippen molar-refractivity contribution in [3.8, 4) is 0 Å². The van der Waals surface area contributed by atoms with Crippen LogP contribution in [0, 0.1) is 5.82 Å². The van der Waals surface area contributed by atoms with E-state index in [0.717, 1.165) is 17.7 Å². The molecule has 2 aliphatic rings. The fourth-order valence-electron chi connectivity index (χ4n) is 4.35. The Hall–Kier alpha value is -2.81. The SMILES string of the molecule is CCOC(=O)C(=CNN1c2ccc(F)c(N3CCC(O)CC3)c2CCC1(C)C)C(=O)OCC. The summed E-state index contributed by atoms with van der Waals surface area (Å²) < 4.78 is 25.0. The molecule has 0 radical (unpaired) electrons. The number of rotatable bonds is 7. The van der Waals surface area contributed by atoms with Gasteiger partial charge in [0, 0.05) is 24.9 Å². The molecular weight excluding hydrogens is 429 g/mol. The number of piperidine rings is 1. The van der Waals surface area contributed by atoms with Crippen LogP contribution in [0.2, 0.25) is 0 Å². The summed E-state index contributed by atoms with van der Waals surface area (Å²) in [7, 11) is 0. The molecule has 33 heavy (non-hydrogen) atoms. The van der Waals surface area contributed by atoms with E-state index >= 15 is 0 Å². The molecule has 3 rings (SSSR count). The number of aliphatic hydroxyl groups excluding tert-OH is 1. The van der Waals surface area contributed by atoms with Gasteiger partial charge in [-0.05, 0) is 65.5 Å². The van der Waals surface area contributed by atoms with Crippen molar-refractivity contribution in [2.24, 2.45) is 0 Å². The molecule has 0 unspecified atom stereocenters. The zero-order valence-electron chi connectivity index (χ0n) is 19.8. The number of esters is 2. The largest absolute Gasteiger partial charge is 0.462 e. The van der Waals surface area contributed by atoms with Crippen LogP contribution in [0.1, 0.15) is 52.5 Å². The molecule has 9 heteroatoms. The van der Waals surface area contributed by atoms with E-state index in [-0.39, 0.29) is 36.2 Å². The molecule has 2 heterocycles. The molecule has 0 aromatic heterocycles. The number of hydrogen-bond acceptors (Lipinski definition) is 8. The molecule has 1 aromatic rings. The zero-order chi connectivity index (χ0) is 24.2. The van der Waals surface area contributed by atoms with Crippen LogP contribution in [0.5, 0.6) is 0 Å². The first-order valence-electron chi connectivity index (χ1n) is 11.5. The number of fused-ring (bicyclic) bond motifs is 1.